The molecule has 4 heteroatoms. The zero-order chi connectivity index (χ0) is 17.0. The lowest BCUT2D eigenvalue weighted by atomic mass is 9.99. The van der Waals surface area contributed by atoms with Crippen LogP contribution in [0.15, 0.2) is 35.3 Å². The van der Waals surface area contributed by atoms with Crippen molar-refractivity contribution in [3.8, 4) is 17.2 Å². The Labute approximate surface area is 137 Å². The van der Waals surface area contributed by atoms with Crippen molar-refractivity contribution in [2.45, 2.75) is 26.7 Å². The number of phenols is 1. The van der Waals surface area contributed by atoms with Crippen LogP contribution in [-0.4, -0.2) is 25.5 Å². The minimum atomic E-state index is 0.232. The Balaban J connectivity index is 2.43. The van der Waals surface area contributed by atoms with Gasteiger partial charge in [-0.3, -0.25) is 4.99 Å². The van der Waals surface area contributed by atoms with Gasteiger partial charge in [-0.25, -0.2) is 0 Å². The van der Waals surface area contributed by atoms with E-state index < -0.39 is 0 Å². The molecule has 0 atom stereocenters. The van der Waals surface area contributed by atoms with Gasteiger partial charge in [0.2, 0.25) is 0 Å². The third kappa shape index (κ3) is 3.65. The highest BCUT2D eigenvalue weighted by atomic mass is 16.5. The Hall–Kier alpha value is -2.49. The predicted molar refractivity (Wildman–Crippen MR) is 93.7 cm³/mol. The summed E-state index contributed by atoms with van der Waals surface area (Å²) >= 11 is 0. The molecule has 0 saturated carbocycles. The fourth-order valence-electron chi connectivity index (χ4n) is 2.45. The van der Waals surface area contributed by atoms with Gasteiger partial charge in [0.1, 0.15) is 5.75 Å². The van der Waals surface area contributed by atoms with Gasteiger partial charge < -0.3 is 14.6 Å². The molecule has 0 amide bonds. The third-order valence-corrected chi connectivity index (χ3v) is 3.74. The lowest BCUT2D eigenvalue weighted by Crippen LogP contribution is -1.95. The van der Waals surface area contributed by atoms with Crippen LogP contribution in [0.5, 0.6) is 17.2 Å². The molecular formula is C19H23NO3. The molecule has 0 unspecified atom stereocenters. The quantitative estimate of drug-likeness (QED) is 0.821. The van der Waals surface area contributed by atoms with Crippen molar-refractivity contribution in [3.63, 3.8) is 0 Å². The maximum absolute atomic E-state index is 10.0. The van der Waals surface area contributed by atoms with Gasteiger partial charge in [0.05, 0.1) is 19.9 Å². The first-order chi connectivity index (χ1) is 11.0. The Bertz CT molecular complexity index is 721. The lowest BCUT2D eigenvalue weighted by molar-refractivity contribution is 0.354. The highest BCUT2D eigenvalue weighted by Gasteiger charge is 2.10. The van der Waals surface area contributed by atoms with E-state index in [1.807, 2.05) is 45.0 Å². The van der Waals surface area contributed by atoms with E-state index in [-0.39, 0.29) is 5.92 Å². The second-order valence-electron chi connectivity index (χ2n) is 5.69. The second kappa shape index (κ2) is 7.18. The summed E-state index contributed by atoms with van der Waals surface area (Å²) in [6.07, 6.45) is 1.75. The maximum atomic E-state index is 10.0. The van der Waals surface area contributed by atoms with Crippen LogP contribution in [0, 0.1) is 6.92 Å². The highest BCUT2D eigenvalue weighted by molar-refractivity contribution is 5.87. The van der Waals surface area contributed by atoms with Crippen molar-refractivity contribution in [1.82, 2.24) is 0 Å². The number of aryl methyl sites for hydroxylation is 1. The van der Waals surface area contributed by atoms with Crippen LogP contribution in [0.1, 0.15) is 36.5 Å². The SMILES string of the molecule is COc1cccc(C=Nc2cc(C(C)C)c(O)cc2C)c1OC. The van der Waals surface area contributed by atoms with E-state index in [0.717, 1.165) is 22.4 Å². The van der Waals surface area contributed by atoms with E-state index in [0.29, 0.717) is 17.2 Å². The second-order valence-corrected chi connectivity index (χ2v) is 5.69. The largest absolute Gasteiger partial charge is 0.508 e. The maximum Gasteiger partial charge on any atom is 0.169 e. The van der Waals surface area contributed by atoms with Crippen molar-refractivity contribution in [1.29, 1.82) is 0 Å². The van der Waals surface area contributed by atoms with E-state index >= 15 is 0 Å². The van der Waals surface area contributed by atoms with Crippen LogP contribution in [0.4, 0.5) is 5.69 Å². The number of benzene rings is 2. The molecule has 0 fully saturated rings. The Morgan fingerprint density at radius 1 is 1.13 bits per heavy atom. The number of ether oxygens (including phenoxy) is 2. The molecule has 0 aliphatic rings. The average Bonchev–Trinajstić information content (AvgIpc) is 2.53. The third-order valence-electron chi connectivity index (χ3n) is 3.74. The molecule has 0 spiro atoms. The summed E-state index contributed by atoms with van der Waals surface area (Å²) < 4.78 is 10.7. The summed E-state index contributed by atoms with van der Waals surface area (Å²) in [4.78, 5) is 4.57. The van der Waals surface area contributed by atoms with Gasteiger partial charge in [0.25, 0.3) is 0 Å². The van der Waals surface area contributed by atoms with Crippen molar-refractivity contribution in [2.75, 3.05) is 14.2 Å². The molecule has 0 aliphatic carbocycles. The van der Waals surface area contributed by atoms with Gasteiger partial charge in [-0.2, -0.15) is 0 Å². The summed E-state index contributed by atoms with van der Waals surface area (Å²) in [6.45, 7) is 6.02. The Kier molecular flexibility index (Phi) is 5.27. The predicted octanol–water partition coefficient (Wildman–Crippen LogP) is 4.59. The molecule has 0 aliphatic heterocycles. The van der Waals surface area contributed by atoms with Gasteiger partial charge >= 0.3 is 0 Å². The summed E-state index contributed by atoms with van der Waals surface area (Å²) in [5.74, 6) is 1.87. The molecule has 23 heavy (non-hydrogen) atoms. The summed E-state index contributed by atoms with van der Waals surface area (Å²) in [7, 11) is 3.22. The van der Waals surface area contributed by atoms with Gasteiger partial charge in [-0.05, 0) is 48.2 Å². The molecule has 0 radical (unpaired) electrons. The van der Waals surface area contributed by atoms with Crippen LogP contribution in [-0.2, 0) is 0 Å². The van der Waals surface area contributed by atoms with Crippen molar-refractivity contribution in [3.05, 3.63) is 47.0 Å². The number of aliphatic imine (C=N–C) groups is 1. The number of rotatable bonds is 5. The summed E-state index contributed by atoms with van der Waals surface area (Å²) in [5.41, 5.74) is 3.48. The molecule has 0 aromatic heterocycles. The normalized spacial score (nSPS) is 11.2. The number of nitrogens with zero attached hydrogens (tertiary/aromatic N) is 1. The standard InChI is InChI=1S/C19H23NO3/c1-12(2)15-10-16(13(3)9-17(15)21)20-11-14-7-6-8-18(22-4)19(14)23-5/h6-12,21H,1-5H3. The number of hydrogen-bond acceptors (Lipinski definition) is 4. The van der Waals surface area contributed by atoms with E-state index in [2.05, 4.69) is 4.99 Å². The highest BCUT2D eigenvalue weighted by Crippen LogP contribution is 2.33. The van der Waals surface area contributed by atoms with E-state index in [1.54, 1.807) is 26.5 Å². The van der Waals surface area contributed by atoms with E-state index in [1.165, 1.54) is 0 Å². The fourth-order valence-corrected chi connectivity index (χ4v) is 2.45. The number of aromatic hydroxyl groups is 1. The van der Waals surface area contributed by atoms with E-state index in [9.17, 15) is 5.11 Å². The number of methoxy groups -OCH3 is 2. The zero-order valence-electron chi connectivity index (χ0n) is 14.3. The first kappa shape index (κ1) is 16.9. The first-order valence-electron chi connectivity index (χ1n) is 7.56. The number of hydrogen-bond donors (Lipinski definition) is 1. The molecule has 0 heterocycles. The molecule has 2 aromatic carbocycles. The van der Waals surface area contributed by atoms with Crippen molar-refractivity contribution in [2.24, 2.45) is 4.99 Å². The molecule has 2 aromatic rings. The van der Waals surface area contributed by atoms with Gasteiger partial charge in [-0.15, -0.1) is 0 Å². The smallest absolute Gasteiger partial charge is 0.169 e. The monoisotopic (exact) mass is 313 g/mol. The molecule has 4 nitrogen and oxygen atoms in total. The first-order valence-corrected chi connectivity index (χ1v) is 7.56. The average molecular weight is 313 g/mol. The minimum Gasteiger partial charge on any atom is -0.508 e. The van der Waals surface area contributed by atoms with Crippen LogP contribution < -0.4 is 9.47 Å². The van der Waals surface area contributed by atoms with Crippen LogP contribution >= 0.6 is 0 Å². The molecule has 1 N–H and O–H groups in total. The topological polar surface area (TPSA) is 51.0 Å². The Morgan fingerprint density at radius 2 is 1.87 bits per heavy atom. The van der Waals surface area contributed by atoms with Gasteiger partial charge in [-0.1, -0.05) is 19.9 Å². The van der Waals surface area contributed by atoms with Gasteiger partial charge in [0.15, 0.2) is 11.5 Å². The van der Waals surface area contributed by atoms with Crippen LogP contribution in [0.25, 0.3) is 0 Å². The molecule has 2 rings (SSSR count). The summed E-state index contributed by atoms with van der Waals surface area (Å²) in [6, 6.07) is 9.35. The van der Waals surface area contributed by atoms with E-state index in [4.69, 9.17) is 9.47 Å². The van der Waals surface area contributed by atoms with Crippen molar-refractivity contribution >= 4 is 11.9 Å². The van der Waals surface area contributed by atoms with Crippen LogP contribution in [0.2, 0.25) is 0 Å². The molecule has 0 bridgehead atoms. The van der Waals surface area contributed by atoms with Gasteiger partial charge in [0, 0.05) is 11.8 Å². The minimum absolute atomic E-state index is 0.232. The fraction of sp³-hybridized carbons (Fsp3) is 0.316. The summed E-state index contributed by atoms with van der Waals surface area (Å²) in [5, 5.41) is 10.0. The molecule has 122 valence electrons. The molecule has 0 saturated heterocycles. The number of para-hydroxylation sites is 1. The molecular weight excluding hydrogens is 290 g/mol. The Morgan fingerprint density at radius 3 is 2.48 bits per heavy atom. The lowest BCUT2D eigenvalue weighted by Gasteiger charge is -2.12. The number of phenolic OH excluding ortho intramolecular Hbond substituents is 1. The van der Waals surface area contributed by atoms with Crippen LogP contribution in [0.3, 0.4) is 0 Å². The van der Waals surface area contributed by atoms with Crippen molar-refractivity contribution < 1.29 is 14.6 Å². The zero-order valence-corrected chi connectivity index (χ0v) is 14.3.